The maximum atomic E-state index is 12.6. The van der Waals surface area contributed by atoms with Crippen LogP contribution in [0.25, 0.3) is 0 Å². The lowest BCUT2D eigenvalue weighted by Crippen LogP contribution is -2.49. The van der Waals surface area contributed by atoms with E-state index in [1.54, 1.807) is 31.0 Å². The summed E-state index contributed by atoms with van der Waals surface area (Å²) in [4.78, 5) is 28.5. The highest BCUT2D eigenvalue weighted by molar-refractivity contribution is 5.94. The number of aromatic nitrogens is 1. The predicted molar refractivity (Wildman–Crippen MR) is 92.3 cm³/mol. The molecule has 0 saturated carbocycles. The van der Waals surface area contributed by atoms with E-state index in [2.05, 4.69) is 15.4 Å². The van der Waals surface area contributed by atoms with E-state index >= 15 is 0 Å². The third-order valence-corrected chi connectivity index (χ3v) is 4.54. The monoisotopic (exact) mass is 342 g/mol. The van der Waals surface area contributed by atoms with Crippen LogP contribution in [0.5, 0.6) is 0 Å². The number of nitrogens with zero attached hydrogens (tertiary/aromatic N) is 3. The summed E-state index contributed by atoms with van der Waals surface area (Å²) in [7, 11) is 3.64. The maximum Gasteiger partial charge on any atom is 0.276 e. The van der Waals surface area contributed by atoms with Crippen LogP contribution in [0, 0.1) is 6.92 Å². The Morgan fingerprint density at radius 2 is 2.08 bits per heavy atom. The minimum atomic E-state index is -0.127. The van der Waals surface area contributed by atoms with Gasteiger partial charge < -0.3 is 14.7 Å². The Balaban J connectivity index is 1.81. The molecule has 132 valence electrons. The van der Waals surface area contributed by atoms with Crippen LogP contribution < -0.4 is 5.32 Å². The van der Waals surface area contributed by atoms with Crippen LogP contribution in [0.3, 0.4) is 0 Å². The van der Waals surface area contributed by atoms with Gasteiger partial charge in [-0.1, -0.05) is 17.3 Å². The number of hydrogen-bond acceptors (Lipinski definition) is 5. The zero-order chi connectivity index (χ0) is 18.0. The van der Waals surface area contributed by atoms with Crippen molar-refractivity contribution in [3.63, 3.8) is 0 Å². The number of carbonyl (C=O) groups excluding carboxylic acids is 2. The van der Waals surface area contributed by atoms with E-state index in [-0.39, 0.29) is 17.9 Å². The maximum absolute atomic E-state index is 12.6. The topological polar surface area (TPSA) is 78.7 Å². The highest BCUT2D eigenvalue weighted by Gasteiger charge is 2.30. The fraction of sp³-hybridized carbons (Fsp3) is 0.389. The Labute approximate surface area is 146 Å². The van der Waals surface area contributed by atoms with Gasteiger partial charge in [-0.25, -0.2) is 0 Å². The van der Waals surface area contributed by atoms with E-state index in [0.717, 1.165) is 12.1 Å². The number of benzene rings is 1. The Kier molecular flexibility index (Phi) is 4.85. The lowest BCUT2D eigenvalue weighted by Gasteiger charge is -2.39. The largest absolute Gasteiger partial charge is 0.361 e. The van der Waals surface area contributed by atoms with Crippen LogP contribution in [-0.4, -0.2) is 60.5 Å². The highest BCUT2D eigenvalue weighted by Crippen LogP contribution is 2.25. The molecular weight excluding hydrogens is 320 g/mol. The summed E-state index contributed by atoms with van der Waals surface area (Å²) in [6.07, 6.45) is 0. The fourth-order valence-electron chi connectivity index (χ4n) is 3.08. The molecule has 2 aromatic rings. The average Bonchev–Trinajstić information content (AvgIpc) is 3.07. The van der Waals surface area contributed by atoms with Gasteiger partial charge in [0.05, 0.1) is 6.04 Å². The lowest BCUT2D eigenvalue weighted by atomic mass is 10.00. The number of likely N-dealkylation sites (N-methyl/N-ethyl adjacent to an activating group) is 1. The lowest BCUT2D eigenvalue weighted by molar-refractivity contribution is 0.0536. The van der Waals surface area contributed by atoms with Crippen molar-refractivity contribution in [2.45, 2.75) is 13.0 Å². The van der Waals surface area contributed by atoms with Crippen molar-refractivity contribution >= 4 is 11.8 Å². The first-order valence-electron chi connectivity index (χ1n) is 8.24. The molecule has 2 amide bonds. The van der Waals surface area contributed by atoms with E-state index in [0.29, 0.717) is 30.1 Å². The summed E-state index contributed by atoms with van der Waals surface area (Å²) in [6, 6.07) is 9.20. The quantitative estimate of drug-likeness (QED) is 0.914. The van der Waals surface area contributed by atoms with E-state index < -0.39 is 0 Å². The second-order valence-electron chi connectivity index (χ2n) is 6.27. The molecule has 7 nitrogen and oxygen atoms in total. The van der Waals surface area contributed by atoms with Gasteiger partial charge in [0.25, 0.3) is 11.8 Å². The van der Waals surface area contributed by atoms with Crippen LogP contribution >= 0.6 is 0 Å². The molecule has 25 heavy (non-hydrogen) atoms. The van der Waals surface area contributed by atoms with Crippen molar-refractivity contribution in [1.29, 1.82) is 0 Å². The first kappa shape index (κ1) is 17.2. The van der Waals surface area contributed by atoms with E-state index in [1.807, 2.05) is 25.2 Å². The zero-order valence-electron chi connectivity index (χ0n) is 14.7. The van der Waals surface area contributed by atoms with Gasteiger partial charge in [0.15, 0.2) is 5.69 Å². The van der Waals surface area contributed by atoms with Gasteiger partial charge in [-0.2, -0.15) is 0 Å². The Hall–Kier alpha value is -2.67. The number of piperazine rings is 1. The molecule has 1 saturated heterocycles. The zero-order valence-corrected chi connectivity index (χ0v) is 14.7. The van der Waals surface area contributed by atoms with Gasteiger partial charge in [-0.05, 0) is 31.7 Å². The third-order valence-electron chi connectivity index (χ3n) is 4.54. The summed E-state index contributed by atoms with van der Waals surface area (Å²) in [6.45, 7) is 3.68. The molecule has 7 heteroatoms. The van der Waals surface area contributed by atoms with Gasteiger partial charge in [-0.15, -0.1) is 0 Å². The minimum absolute atomic E-state index is 0.0234. The predicted octanol–water partition coefficient (Wildman–Crippen LogP) is 1.47. The molecule has 0 spiro atoms. The summed E-state index contributed by atoms with van der Waals surface area (Å²) < 4.78 is 5.01. The summed E-state index contributed by atoms with van der Waals surface area (Å²) in [5, 5.41) is 6.46. The standard InChI is InChI=1S/C18H22N4O3/c1-12-9-15(20-25-12)18(24)22-8-7-21(3)16(11-22)13-5-4-6-14(10-13)17(23)19-2/h4-6,9-10,16H,7-8,11H2,1-3H3,(H,19,23)/t16-/m0/s1. The van der Waals surface area contributed by atoms with Crippen molar-refractivity contribution in [3.8, 4) is 0 Å². The Bertz CT molecular complexity index is 786. The minimum Gasteiger partial charge on any atom is -0.361 e. The van der Waals surface area contributed by atoms with Gasteiger partial charge in [0, 0.05) is 38.3 Å². The molecule has 1 atom stereocenters. The number of rotatable bonds is 3. The molecule has 1 fully saturated rings. The molecule has 0 radical (unpaired) electrons. The van der Waals surface area contributed by atoms with Crippen LogP contribution in [0.4, 0.5) is 0 Å². The highest BCUT2D eigenvalue weighted by atomic mass is 16.5. The van der Waals surface area contributed by atoms with Gasteiger partial charge >= 0.3 is 0 Å². The Morgan fingerprint density at radius 3 is 2.76 bits per heavy atom. The molecule has 0 aliphatic carbocycles. The molecular formula is C18H22N4O3. The third kappa shape index (κ3) is 3.56. The number of hydrogen-bond donors (Lipinski definition) is 1. The first-order valence-corrected chi connectivity index (χ1v) is 8.24. The van der Waals surface area contributed by atoms with Crippen molar-refractivity contribution in [2.75, 3.05) is 33.7 Å². The van der Waals surface area contributed by atoms with E-state index in [4.69, 9.17) is 4.52 Å². The smallest absolute Gasteiger partial charge is 0.276 e. The molecule has 2 heterocycles. The van der Waals surface area contributed by atoms with Crippen LogP contribution in [0.1, 0.15) is 38.2 Å². The van der Waals surface area contributed by atoms with Crippen molar-refractivity contribution in [1.82, 2.24) is 20.3 Å². The molecule has 3 rings (SSSR count). The number of carbonyl (C=O) groups is 2. The SMILES string of the molecule is CNC(=O)c1cccc([C@@H]2CN(C(=O)c3cc(C)on3)CCN2C)c1. The van der Waals surface area contributed by atoms with E-state index in [1.165, 1.54) is 0 Å². The second-order valence-corrected chi connectivity index (χ2v) is 6.27. The normalized spacial score (nSPS) is 18.2. The van der Waals surface area contributed by atoms with Crippen molar-refractivity contribution in [2.24, 2.45) is 0 Å². The molecule has 1 N–H and O–H groups in total. The summed E-state index contributed by atoms with van der Waals surface area (Å²) in [5.74, 6) is 0.371. The summed E-state index contributed by atoms with van der Waals surface area (Å²) >= 11 is 0. The molecule has 1 aliphatic heterocycles. The van der Waals surface area contributed by atoms with Crippen molar-refractivity contribution < 1.29 is 14.1 Å². The molecule has 1 aromatic heterocycles. The molecule has 0 bridgehead atoms. The van der Waals surface area contributed by atoms with Crippen LogP contribution in [-0.2, 0) is 0 Å². The van der Waals surface area contributed by atoms with Crippen LogP contribution in [0.2, 0.25) is 0 Å². The average molecular weight is 342 g/mol. The number of amides is 2. The van der Waals surface area contributed by atoms with Crippen molar-refractivity contribution in [3.05, 3.63) is 52.9 Å². The van der Waals surface area contributed by atoms with Gasteiger partial charge in [0.2, 0.25) is 0 Å². The number of aryl methyl sites for hydroxylation is 1. The number of nitrogens with one attached hydrogen (secondary N) is 1. The first-order chi connectivity index (χ1) is 12.0. The molecule has 1 aliphatic rings. The van der Waals surface area contributed by atoms with E-state index in [9.17, 15) is 9.59 Å². The fourth-order valence-corrected chi connectivity index (χ4v) is 3.08. The summed E-state index contributed by atoms with van der Waals surface area (Å²) in [5.41, 5.74) is 1.96. The second kappa shape index (κ2) is 7.06. The van der Waals surface area contributed by atoms with Gasteiger partial charge in [-0.3, -0.25) is 14.5 Å². The molecule has 0 unspecified atom stereocenters. The van der Waals surface area contributed by atoms with Crippen LogP contribution in [0.15, 0.2) is 34.9 Å². The molecule has 1 aromatic carbocycles. The van der Waals surface area contributed by atoms with Gasteiger partial charge in [0.1, 0.15) is 5.76 Å². The Morgan fingerprint density at radius 1 is 1.28 bits per heavy atom.